The summed E-state index contributed by atoms with van der Waals surface area (Å²) in [5, 5.41) is 8.54. The van der Waals surface area contributed by atoms with E-state index in [0.717, 1.165) is 0 Å². The van der Waals surface area contributed by atoms with Crippen LogP contribution < -0.4 is 20.7 Å². The lowest BCUT2D eigenvalue weighted by Crippen LogP contribution is -2.56. The van der Waals surface area contributed by atoms with Crippen LogP contribution in [0.5, 0.6) is 5.75 Å². The number of thiocarbonyl (C=S) groups is 1. The van der Waals surface area contributed by atoms with Crippen LogP contribution in [0.25, 0.3) is 0 Å². The van der Waals surface area contributed by atoms with Crippen LogP contribution in [-0.4, -0.2) is 28.1 Å². The second-order valence-corrected chi connectivity index (χ2v) is 8.89. The van der Waals surface area contributed by atoms with Crippen LogP contribution >= 0.6 is 63.0 Å². The molecule has 0 radical (unpaired) electrons. The van der Waals surface area contributed by atoms with Crippen LogP contribution in [0.15, 0.2) is 53.0 Å². The SMILES string of the molecule is COc1ccc(NC(=S)N[C@H](NC(=O)c2ccccc2Br)C(Cl)(Cl)Cl)cc1. The number of halogens is 4. The third kappa shape index (κ3) is 6.69. The van der Waals surface area contributed by atoms with Gasteiger partial charge in [-0.1, -0.05) is 46.9 Å². The third-order valence-corrected chi connectivity index (χ3v) is 4.91. The molecule has 0 aliphatic carbocycles. The van der Waals surface area contributed by atoms with E-state index in [1.165, 1.54) is 0 Å². The topological polar surface area (TPSA) is 62.4 Å². The summed E-state index contributed by atoms with van der Waals surface area (Å²) < 4.78 is 3.87. The average Bonchev–Trinajstić information content (AvgIpc) is 2.61. The van der Waals surface area contributed by atoms with E-state index >= 15 is 0 Å². The number of carbonyl (C=O) groups is 1. The standard InChI is InChI=1S/C17H15BrCl3N3O2S/c1-26-11-8-6-10(7-9-11)22-16(27)24-15(17(19,20)21)23-14(25)12-4-2-3-5-13(12)18/h2-9,15H,1H3,(H,23,25)(H2,22,24,27)/t15-/m0/s1. The molecule has 5 nitrogen and oxygen atoms in total. The molecule has 144 valence electrons. The second kappa shape index (κ2) is 9.80. The van der Waals surface area contributed by atoms with Gasteiger partial charge < -0.3 is 20.7 Å². The molecule has 1 amide bonds. The van der Waals surface area contributed by atoms with E-state index in [1.807, 2.05) is 0 Å². The van der Waals surface area contributed by atoms with Crippen LogP contribution in [0.3, 0.4) is 0 Å². The minimum atomic E-state index is -1.84. The molecule has 3 N–H and O–H groups in total. The van der Waals surface area contributed by atoms with Gasteiger partial charge in [0.2, 0.25) is 3.79 Å². The fourth-order valence-electron chi connectivity index (χ4n) is 2.03. The molecule has 0 saturated carbocycles. The van der Waals surface area contributed by atoms with Crippen LogP contribution in [-0.2, 0) is 0 Å². The van der Waals surface area contributed by atoms with Gasteiger partial charge in [-0.2, -0.15) is 0 Å². The second-order valence-electron chi connectivity index (χ2n) is 5.25. The van der Waals surface area contributed by atoms with Crippen molar-refractivity contribution < 1.29 is 9.53 Å². The highest BCUT2D eigenvalue weighted by molar-refractivity contribution is 9.10. The van der Waals surface area contributed by atoms with Gasteiger partial charge in [-0.05, 0) is 64.5 Å². The number of amides is 1. The monoisotopic (exact) mass is 509 g/mol. The van der Waals surface area contributed by atoms with Crippen LogP contribution in [0.2, 0.25) is 0 Å². The number of ether oxygens (including phenoxy) is 1. The van der Waals surface area contributed by atoms with Crippen molar-refractivity contribution in [3.8, 4) is 5.75 Å². The summed E-state index contributed by atoms with van der Waals surface area (Å²) in [5.74, 6) is 0.276. The molecule has 27 heavy (non-hydrogen) atoms. The Bertz CT molecular complexity index is 816. The molecule has 0 bridgehead atoms. The molecule has 2 rings (SSSR count). The highest BCUT2D eigenvalue weighted by atomic mass is 79.9. The first-order chi connectivity index (χ1) is 12.7. The zero-order valence-electron chi connectivity index (χ0n) is 13.9. The summed E-state index contributed by atoms with van der Waals surface area (Å²) in [5.41, 5.74) is 1.10. The van der Waals surface area contributed by atoms with Gasteiger partial charge in [0.15, 0.2) is 5.11 Å². The smallest absolute Gasteiger partial charge is 0.254 e. The molecule has 2 aromatic carbocycles. The van der Waals surface area contributed by atoms with Gasteiger partial charge in [-0.15, -0.1) is 0 Å². The van der Waals surface area contributed by atoms with E-state index in [0.29, 0.717) is 21.5 Å². The van der Waals surface area contributed by atoms with Crippen LogP contribution in [0.1, 0.15) is 10.4 Å². The van der Waals surface area contributed by atoms with Gasteiger partial charge in [0.1, 0.15) is 11.9 Å². The number of benzene rings is 2. The van der Waals surface area contributed by atoms with E-state index in [4.69, 9.17) is 51.8 Å². The molecule has 10 heteroatoms. The zero-order valence-corrected chi connectivity index (χ0v) is 18.6. The third-order valence-electron chi connectivity index (χ3n) is 3.34. The normalized spacial score (nSPS) is 12.0. The largest absolute Gasteiger partial charge is 0.497 e. The first kappa shape index (κ1) is 22.0. The Hall–Kier alpha value is -1.25. The van der Waals surface area contributed by atoms with Gasteiger partial charge >= 0.3 is 0 Å². The molecule has 0 spiro atoms. The highest BCUT2D eigenvalue weighted by Gasteiger charge is 2.35. The van der Waals surface area contributed by atoms with E-state index < -0.39 is 15.9 Å². The maximum atomic E-state index is 12.5. The van der Waals surface area contributed by atoms with Crippen molar-refractivity contribution in [3.05, 3.63) is 58.6 Å². The molecule has 0 fully saturated rings. The molecule has 0 unspecified atom stereocenters. The number of hydrogen-bond donors (Lipinski definition) is 3. The van der Waals surface area contributed by atoms with Crippen molar-refractivity contribution in [3.63, 3.8) is 0 Å². The minimum absolute atomic E-state index is 0.170. The van der Waals surface area contributed by atoms with Crippen LogP contribution in [0, 0.1) is 0 Å². The fourth-order valence-corrected chi connectivity index (χ4v) is 3.05. The Morgan fingerprint density at radius 2 is 1.74 bits per heavy atom. The predicted molar refractivity (Wildman–Crippen MR) is 118 cm³/mol. The number of hydrogen-bond acceptors (Lipinski definition) is 3. The Morgan fingerprint density at radius 1 is 1.11 bits per heavy atom. The summed E-state index contributed by atoms with van der Waals surface area (Å²) in [4.78, 5) is 12.5. The van der Waals surface area contributed by atoms with E-state index in [2.05, 4.69) is 31.9 Å². The van der Waals surface area contributed by atoms with Crippen molar-refractivity contribution in [2.45, 2.75) is 9.96 Å². The maximum absolute atomic E-state index is 12.5. The summed E-state index contributed by atoms with van der Waals surface area (Å²) in [6, 6.07) is 14.0. The van der Waals surface area contributed by atoms with Crippen LogP contribution in [0.4, 0.5) is 5.69 Å². The molecule has 0 saturated heterocycles. The molecule has 0 aliphatic rings. The molecule has 0 aromatic heterocycles. The molecular weight excluding hydrogens is 497 g/mol. The lowest BCUT2D eigenvalue weighted by molar-refractivity contribution is 0.0934. The lowest BCUT2D eigenvalue weighted by Gasteiger charge is -2.28. The molecular formula is C17H15BrCl3N3O2S. The Morgan fingerprint density at radius 3 is 2.30 bits per heavy atom. The number of methoxy groups -OCH3 is 1. The van der Waals surface area contributed by atoms with Crippen molar-refractivity contribution in [2.24, 2.45) is 0 Å². The summed E-state index contributed by atoms with van der Waals surface area (Å²) >= 11 is 26.5. The minimum Gasteiger partial charge on any atom is -0.497 e. The summed E-state index contributed by atoms with van der Waals surface area (Å²) in [6.45, 7) is 0. The lowest BCUT2D eigenvalue weighted by atomic mass is 10.2. The average molecular weight is 512 g/mol. The number of anilines is 1. The van der Waals surface area contributed by atoms with E-state index in [-0.39, 0.29) is 5.11 Å². The van der Waals surface area contributed by atoms with Crippen molar-refractivity contribution >= 4 is 79.7 Å². The Kier molecular flexibility index (Phi) is 8.00. The zero-order chi connectivity index (χ0) is 20.0. The van der Waals surface area contributed by atoms with Gasteiger partial charge in [0, 0.05) is 10.2 Å². The molecule has 0 aliphatic heterocycles. The van der Waals surface area contributed by atoms with Gasteiger partial charge in [-0.25, -0.2) is 0 Å². The van der Waals surface area contributed by atoms with E-state index in [9.17, 15) is 4.79 Å². The predicted octanol–water partition coefficient (Wildman–Crippen LogP) is 4.87. The first-order valence-corrected chi connectivity index (χ1v) is 9.88. The quantitative estimate of drug-likeness (QED) is 0.304. The first-order valence-electron chi connectivity index (χ1n) is 7.54. The number of nitrogens with one attached hydrogen (secondary N) is 3. The summed E-state index contributed by atoms with van der Waals surface area (Å²) in [6.07, 6.45) is -1.07. The van der Waals surface area contributed by atoms with Crippen molar-refractivity contribution in [2.75, 3.05) is 12.4 Å². The summed E-state index contributed by atoms with van der Waals surface area (Å²) in [7, 11) is 1.58. The maximum Gasteiger partial charge on any atom is 0.254 e. The Labute approximate surface area is 185 Å². The van der Waals surface area contributed by atoms with Gasteiger partial charge in [-0.3, -0.25) is 4.79 Å². The number of rotatable bonds is 5. The van der Waals surface area contributed by atoms with E-state index in [1.54, 1.807) is 55.6 Å². The fraction of sp³-hybridized carbons (Fsp3) is 0.176. The molecule has 0 heterocycles. The number of alkyl halides is 3. The molecule has 1 atom stereocenters. The number of carbonyl (C=O) groups excluding carboxylic acids is 1. The van der Waals surface area contributed by atoms with Crippen molar-refractivity contribution in [1.29, 1.82) is 0 Å². The molecule has 2 aromatic rings. The highest BCUT2D eigenvalue weighted by Crippen LogP contribution is 2.29. The Balaban J connectivity index is 2.06. The van der Waals surface area contributed by atoms with Crippen molar-refractivity contribution in [1.82, 2.24) is 10.6 Å². The van der Waals surface area contributed by atoms with Gasteiger partial charge in [0.05, 0.1) is 12.7 Å². The van der Waals surface area contributed by atoms with Gasteiger partial charge in [0.25, 0.3) is 5.91 Å².